The first-order valence-corrected chi connectivity index (χ1v) is 6.87. The molecule has 0 aliphatic carbocycles. The van der Waals surface area contributed by atoms with Crippen molar-refractivity contribution in [2.24, 2.45) is 7.05 Å². The molecule has 3 heterocycles. The Bertz CT molecular complexity index is 642. The molecule has 3 rings (SSSR count). The molecule has 0 spiro atoms. The van der Waals surface area contributed by atoms with E-state index in [1.165, 1.54) is 0 Å². The molecule has 1 saturated heterocycles. The number of hydrogen-bond donors (Lipinski definition) is 2. The number of carboxylic acid groups (broad SMARTS) is 1. The number of nitrogens with zero attached hydrogens (tertiary/aromatic N) is 6. The highest BCUT2D eigenvalue weighted by molar-refractivity contribution is 5.86. The van der Waals surface area contributed by atoms with Gasteiger partial charge in [0.05, 0.1) is 12.2 Å². The molecule has 21 heavy (non-hydrogen) atoms. The highest BCUT2D eigenvalue weighted by Crippen LogP contribution is 2.27. The first-order valence-electron chi connectivity index (χ1n) is 6.87. The number of aryl methyl sites for hydroxylation is 1. The number of nitrogens with one attached hydrogen (secondary N) is 1. The molecule has 0 radical (unpaired) electrons. The molecule has 112 valence electrons. The van der Waals surface area contributed by atoms with Gasteiger partial charge in [-0.2, -0.15) is 0 Å². The lowest BCUT2D eigenvalue weighted by molar-refractivity contribution is 0.0688. The van der Waals surface area contributed by atoms with E-state index in [-0.39, 0.29) is 11.6 Å². The first-order chi connectivity index (χ1) is 10.1. The van der Waals surface area contributed by atoms with Crippen molar-refractivity contribution in [2.45, 2.75) is 25.3 Å². The molecule has 1 fully saturated rings. The lowest BCUT2D eigenvalue weighted by Gasteiger charge is -2.23. The maximum atomic E-state index is 11.4. The molecule has 2 aromatic rings. The Balaban J connectivity index is 1.93. The van der Waals surface area contributed by atoms with E-state index >= 15 is 0 Å². The summed E-state index contributed by atoms with van der Waals surface area (Å²) in [5, 5.41) is 28.3. The molecule has 9 nitrogen and oxygen atoms in total. The van der Waals surface area contributed by atoms with Crippen molar-refractivity contribution in [1.29, 1.82) is 0 Å². The van der Waals surface area contributed by atoms with Crippen LogP contribution in [0, 0.1) is 0 Å². The first kappa shape index (κ1) is 13.7. The molecule has 0 amide bonds. The molecule has 1 aliphatic heterocycles. The fourth-order valence-electron chi connectivity index (χ4n) is 2.71. The summed E-state index contributed by atoms with van der Waals surface area (Å²) in [5.41, 5.74) is 1.47. The van der Waals surface area contributed by atoms with Crippen LogP contribution in [0.3, 0.4) is 0 Å². The third kappa shape index (κ3) is 2.77. The average Bonchev–Trinajstić information content (AvgIpc) is 3.07. The van der Waals surface area contributed by atoms with E-state index in [1.54, 1.807) is 22.6 Å². The zero-order chi connectivity index (χ0) is 14.8. The van der Waals surface area contributed by atoms with Gasteiger partial charge in [0.15, 0.2) is 5.69 Å². The van der Waals surface area contributed by atoms with Crippen molar-refractivity contribution in [2.75, 3.05) is 13.1 Å². The molecular formula is C12H17N7O2. The third-order valence-electron chi connectivity index (χ3n) is 3.66. The summed E-state index contributed by atoms with van der Waals surface area (Å²) < 4.78 is 3.25. The standard InChI is InChI=1S/C12H17N7O2/c1-18-6-9(14-16-18)7-19-11(8-2-4-13-5-3-8)10(12(20)21)15-17-19/h6,8,13H,2-5,7H2,1H3,(H,20,21). The third-order valence-corrected chi connectivity index (χ3v) is 3.66. The van der Waals surface area contributed by atoms with E-state index in [4.69, 9.17) is 0 Å². The minimum absolute atomic E-state index is 0.0470. The summed E-state index contributed by atoms with van der Waals surface area (Å²) in [6.07, 6.45) is 3.55. The SMILES string of the molecule is Cn1cc(Cn2nnc(C(=O)O)c2C2CCNCC2)nn1. The van der Waals surface area contributed by atoms with Gasteiger partial charge in [-0.05, 0) is 25.9 Å². The summed E-state index contributed by atoms with van der Waals surface area (Å²) in [4.78, 5) is 11.4. The van der Waals surface area contributed by atoms with Gasteiger partial charge < -0.3 is 10.4 Å². The van der Waals surface area contributed by atoms with E-state index in [2.05, 4.69) is 25.9 Å². The topological polar surface area (TPSA) is 111 Å². The number of aromatic carboxylic acids is 1. The maximum Gasteiger partial charge on any atom is 0.358 e. The van der Waals surface area contributed by atoms with Gasteiger partial charge in [0.2, 0.25) is 0 Å². The second kappa shape index (κ2) is 5.60. The van der Waals surface area contributed by atoms with Crippen molar-refractivity contribution in [3.8, 4) is 0 Å². The van der Waals surface area contributed by atoms with E-state index < -0.39 is 5.97 Å². The van der Waals surface area contributed by atoms with Crippen LogP contribution < -0.4 is 5.32 Å². The fourth-order valence-corrected chi connectivity index (χ4v) is 2.71. The lowest BCUT2D eigenvalue weighted by atomic mass is 9.93. The number of rotatable bonds is 4. The van der Waals surface area contributed by atoms with E-state index in [0.29, 0.717) is 12.2 Å². The predicted molar refractivity (Wildman–Crippen MR) is 71.9 cm³/mol. The second-order valence-corrected chi connectivity index (χ2v) is 5.19. The molecule has 2 N–H and O–H groups in total. The molecule has 0 bridgehead atoms. The molecule has 0 saturated carbocycles. The molecule has 0 atom stereocenters. The van der Waals surface area contributed by atoms with Gasteiger partial charge in [0, 0.05) is 19.2 Å². The van der Waals surface area contributed by atoms with Crippen LogP contribution in [-0.4, -0.2) is 54.2 Å². The zero-order valence-electron chi connectivity index (χ0n) is 11.7. The van der Waals surface area contributed by atoms with Crippen LogP contribution in [0.15, 0.2) is 6.20 Å². The molecule has 1 aliphatic rings. The number of carbonyl (C=O) groups is 1. The Hall–Kier alpha value is -2.29. The molecule has 9 heteroatoms. The van der Waals surface area contributed by atoms with Crippen LogP contribution in [0.25, 0.3) is 0 Å². The van der Waals surface area contributed by atoms with Gasteiger partial charge in [-0.15, -0.1) is 10.2 Å². The summed E-state index contributed by atoms with van der Waals surface area (Å²) in [6.45, 7) is 2.13. The Morgan fingerprint density at radius 2 is 2.14 bits per heavy atom. The largest absolute Gasteiger partial charge is 0.476 e. The van der Waals surface area contributed by atoms with Crippen molar-refractivity contribution in [1.82, 2.24) is 35.3 Å². The summed E-state index contributed by atoms with van der Waals surface area (Å²) in [6, 6.07) is 0. The summed E-state index contributed by atoms with van der Waals surface area (Å²) in [5.74, 6) is -0.877. The molecule has 0 aromatic carbocycles. The highest BCUT2D eigenvalue weighted by atomic mass is 16.4. The fraction of sp³-hybridized carbons (Fsp3) is 0.583. The number of aromatic nitrogens is 6. The Morgan fingerprint density at radius 1 is 1.38 bits per heavy atom. The quantitative estimate of drug-likeness (QED) is 0.790. The minimum atomic E-state index is -1.03. The number of carboxylic acids is 1. The maximum absolute atomic E-state index is 11.4. The highest BCUT2D eigenvalue weighted by Gasteiger charge is 2.27. The summed E-state index contributed by atoms with van der Waals surface area (Å²) in [7, 11) is 1.79. The smallest absolute Gasteiger partial charge is 0.358 e. The van der Waals surface area contributed by atoms with Crippen LogP contribution in [0.1, 0.15) is 40.6 Å². The zero-order valence-corrected chi connectivity index (χ0v) is 11.7. The Morgan fingerprint density at radius 3 is 2.76 bits per heavy atom. The number of piperidine rings is 1. The van der Waals surface area contributed by atoms with Gasteiger partial charge in [-0.25, -0.2) is 9.48 Å². The van der Waals surface area contributed by atoms with Gasteiger partial charge in [0.25, 0.3) is 0 Å². The van der Waals surface area contributed by atoms with E-state index in [0.717, 1.165) is 31.6 Å². The minimum Gasteiger partial charge on any atom is -0.476 e. The van der Waals surface area contributed by atoms with Gasteiger partial charge in [0.1, 0.15) is 5.69 Å². The van der Waals surface area contributed by atoms with Crippen LogP contribution in [0.2, 0.25) is 0 Å². The number of hydrogen-bond acceptors (Lipinski definition) is 6. The van der Waals surface area contributed by atoms with Crippen molar-refractivity contribution in [3.05, 3.63) is 23.3 Å². The van der Waals surface area contributed by atoms with Crippen LogP contribution in [0.4, 0.5) is 0 Å². The molecule has 0 unspecified atom stereocenters. The summed E-state index contributed by atoms with van der Waals surface area (Å²) >= 11 is 0. The Kier molecular flexibility index (Phi) is 3.65. The van der Waals surface area contributed by atoms with E-state index in [9.17, 15) is 9.90 Å². The van der Waals surface area contributed by atoms with Gasteiger partial charge >= 0.3 is 5.97 Å². The second-order valence-electron chi connectivity index (χ2n) is 5.19. The van der Waals surface area contributed by atoms with E-state index in [1.807, 2.05) is 0 Å². The molecule has 2 aromatic heterocycles. The predicted octanol–water partition coefficient (Wildman–Crippen LogP) is -0.380. The van der Waals surface area contributed by atoms with Gasteiger partial charge in [-0.3, -0.25) is 4.68 Å². The molecular weight excluding hydrogens is 274 g/mol. The average molecular weight is 291 g/mol. The van der Waals surface area contributed by atoms with Gasteiger partial charge in [-0.1, -0.05) is 10.4 Å². The van der Waals surface area contributed by atoms with Crippen LogP contribution >= 0.6 is 0 Å². The normalized spacial score (nSPS) is 16.2. The Labute approximate surface area is 120 Å². The van der Waals surface area contributed by atoms with Crippen molar-refractivity contribution >= 4 is 5.97 Å². The van der Waals surface area contributed by atoms with Crippen molar-refractivity contribution < 1.29 is 9.90 Å². The lowest BCUT2D eigenvalue weighted by Crippen LogP contribution is -2.29. The monoisotopic (exact) mass is 291 g/mol. The van der Waals surface area contributed by atoms with Crippen molar-refractivity contribution in [3.63, 3.8) is 0 Å². The van der Waals surface area contributed by atoms with Crippen LogP contribution in [-0.2, 0) is 13.6 Å². The van der Waals surface area contributed by atoms with Crippen LogP contribution in [0.5, 0.6) is 0 Å².